The van der Waals surface area contributed by atoms with Crippen molar-refractivity contribution in [2.24, 2.45) is 5.73 Å². The molecular formula is C7H14N2OS. The Labute approximate surface area is 71.1 Å². The van der Waals surface area contributed by atoms with Gasteiger partial charge in [-0.1, -0.05) is 0 Å². The minimum atomic E-state index is -0.191. The first-order chi connectivity index (χ1) is 5.29. The van der Waals surface area contributed by atoms with Gasteiger partial charge in [-0.05, 0) is 13.0 Å². The summed E-state index contributed by atoms with van der Waals surface area (Å²) in [5.41, 5.74) is 5.01. The van der Waals surface area contributed by atoms with Gasteiger partial charge in [-0.3, -0.25) is 4.79 Å². The molecule has 0 spiro atoms. The van der Waals surface area contributed by atoms with Crippen molar-refractivity contribution in [2.45, 2.75) is 18.1 Å². The van der Waals surface area contributed by atoms with Gasteiger partial charge < -0.3 is 11.1 Å². The standard InChI is InChI=1S/C7H14N2OS/c8-7(10)2-4-11-6-1-3-9-5-6/h6,9H,1-5H2,(H2,8,10). The molecular weight excluding hydrogens is 160 g/mol. The largest absolute Gasteiger partial charge is 0.370 e. The minimum absolute atomic E-state index is 0.191. The zero-order valence-electron chi connectivity index (χ0n) is 6.51. The number of carbonyl (C=O) groups is 1. The number of amides is 1. The number of rotatable bonds is 4. The number of primary amides is 1. The van der Waals surface area contributed by atoms with Crippen LogP contribution >= 0.6 is 11.8 Å². The fraction of sp³-hybridized carbons (Fsp3) is 0.857. The van der Waals surface area contributed by atoms with E-state index in [1.165, 1.54) is 6.42 Å². The van der Waals surface area contributed by atoms with Crippen molar-refractivity contribution in [1.29, 1.82) is 0 Å². The van der Waals surface area contributed by atoms with Crippen molar-refractivity contribution in [3.8, 4) is 0 Å². The summed E-state index contributed by atoms with van der Waals surface area (Å²) in [7, 11) is 0. The fourth-order valence-corrected chi connectivity index (χ4v) is 2.27. The maximum absolute atomic E-state index is 10.4. The fourth-order valence-electron chi connectivity index (χ4n) is 1.10. The average molecular weight is 174 g/mol. The van der Waals surface area contributed by atoms with Crippen LogP contribution in [0.25, 0.3) is 0 Å². The first-order valence-electron chi connectivity index (χ1n) is 3.89. The van der Waals surface area contributed by atoms with E-state index in [0.29, 0.717) is 11.7 Å². The van der Waals surface area contributed by atoms with Gasteiger partial charge in [-0.25, -0.2) is 0 Å². The second-order valence-corrected chi connectivity index (χ2v) is 4.11. The summed E-state index contributed by atoms with van der Waals surface area (Å²) < 4.78 is 0. The summed E-state index contributed by atoms with van der Waals surface area (Å²) in [4.78, 5) is 10.4. The molecule has 11 heavy (non-hydrogen) atoms. The maximum atomic E-state index is 10.4. The lowest BCUT2D eigenvalue weighted by Gasteiger charge is -2.05. The Morgan fingerprint density at radius 1 is 1.73 bits per heavy atom. The van der Waals surface area contributed by atoms with Gasteiger partial charge in [0.2, 0.25) is 5.91 Å². The number of carbonyl (C=O) groups excluding carboxylic acids is 1. The minimum Gasteiger partial charge on any atom is -0.370 e. The number of nitrogens with one attached hydrogen (secondary N) is 1. The Kier molecular flexibility index (Phi) is 3.72. The molecule has 3 nitrogen and oxygen atoms in total. The summed E-state index contributed by atoms with van der Waals surface area (Å²) >= 11 is 1.85. The van der Waals surface area contributed by atoms with E-state index in [1.807, 2.05) is 11.8 Å². The van der Waals surface area contributed by atoms with E-state index >= 15 is 0 Å². The van der Waals surface area contributed by atoms with Crippen LogP contribution in [0.1, 0.15) is 12.8 Å². The molecule has 1 atom stereocenters. The molecule has 3 N–H and O–H groups in total. The van der Waals surface area contributed by atoms with E-state index in [0.717, 1.165) is 18.8 Å². The van der Waals surface area contributed by atoms with Crippen molar-refractivity contribution in [1.82, 2.24) is 5.32 Å². The Bertz CT molecular complexity index is 134. The first-order valence-corrected chi connectivity index (χ1v) is 4.94. The lowest BCUT2D eigenvalue weighted by Crippen LogP contribution is -2.14. The molecule has 1 aliphatic heterocycles. The zero-order chi connectivity index (χ0) is 8.10. The van der Waals surface area contributed by atoms with Crippen LogP contribution in [0, 0.1) is 0 Å². The van der Waals surface area contributed by atoms with Crippen molar-refractivity contribution in [3.05, 3.63) is 0 Å². The predicted octanol–water partition coefficient (Wildman–Crippen LogP) is -0.0431. The molecule has 1 aliphatic rings. The molecule has 0 aromatic rings. The molecule has 1 heterocycles. The number of hydrogen-bond donors (Lipinski definition) is 2. The summed E-state index contributed by atoms with van der Waals surface area (Å²) in [6, 6.07) is 0. The first kappa shape index (κ1) is 8.87. The SMILES string of the molecule is NC(=O)CCSC1CCNC1. The predicted molar refractivity (Wildman–Crippen MR) is 47.5 cm³/mol. The smallest absolute Gasteiger partial charge is 0.218 e. The highest BCUT2D eigenvalue weighted by atomic mass is 32.2. The number of nitrogens with two attached hydrogens (primary N) is 1. The Morgan fingerprint density at radius 3 is 3.09 bits per heavy atom. The molecule has 1 rings (SSSR count). The second-order valence-electron chi connectivity index (χ2n) is 2.70. The summed E-state index contributed by atoms with van der Waals surface area (Å²) in [5.74, 6) is 0.685. The summed E-state index contributed by atoms with van der Waals surface area (Å²) in [5, 5.41) is 3.98. The van der Waals surface area contributed by atoms with Crippen molar-refractivity contribution < 1.29 is 4.79 Å². The van der Waals surface area contributed by atoms with Crippen LogP contribution < -0.4 is 11.1 Å². The van der Waals surface area contributed by atoms with Crippen LogP contribution in [-0.4, -0.2) is 30.0 Å². The van der Waals surface area contributed by atoms with E-state index in [-0.39, 0.29) is 5.91 Å². The molecule has 0 bridgehead atoms. The van der Waals surface area contributed by atoms with Crippen LogP contribution in [0.2, 0.25) is 0 Å². The summed E-state index contributed by atoms with van der Waals surface area (Å²) in [6.07, 6.45) is 1.74. The van der Waals surface area contributed by atoms with Crippen LogP contribution in [0.5, 0.6) is 0 Å². The average Bonchev–Trinajstić information content (AvgIpc) is 2.39. The van der Waals surface area contributed by atoms with E-state index in [2.05, 4.69) is 5.32 Å². The maximum Gasteiger partial charge on any atom is 0.218 e. The molecule has 0 aromatic heterocycles. The van der Waals surface area contributed by atoms with E-state index < -0.39 is 0 Å². The van der Waals surface area contributed by atoms with E-state index in [1.54, 1.807) is 0 Å². The van der Waals surface area contributed by atoms with Gasteiger partial charge in [0.05, 0.1) is 0 Å². The molecule has 64 valence electrons. The third-order valence-electron chi connectivity index (χ3n) is 1.72. The molecule has 0 saturated carbocycles. The van der Waals surface area contributed by atoms with E-state index in [4.69, 9.17) is 5.73 Å². The summed E-state index contributed by atoms with van der Waals surface area (Å²) in [6.45, 7) is 2.21. The lowest BCUT2D eigenvalue weighted by molar-refractivity contribution is -0.117. The number of thioether (sulfide) groups is 1. The van der Waals surface area contributed by atoms with Crippen LogP contribution in [0.15, 0.2) is 0 Å². The normalized spacial score (nSPS) is 23.8. The topological polar surface area (TPSA) is 55.1 Å². The monoisotopic (exact) mass is 174 g/mol. The Hall–Kier alpha value is -0.220. The molecule has 1 fully saturated rings. The molecule has 4 heteroatoms. The van der Waals surface area contributed by atoms with Crippen LogP contribution in [0.3, 0.4) is 0 Å². The van der Waals surface area contributed by atoms with Gasteiger partial charge in [0, 0.05) is 24.0 Å². The van der Waals surface area contributed by atoms with Gasteiger partial charge >= 0.3 is 0 Å². The molecule has 1 unspecified atom stereocenters. The molecule has 0 radical (unpaired) electrons. The quantitative estimate of drug-likeness (QED) is 0.628. The van der Waals surface area contributed by atoms with Gasteiger partial charge in [0.25, 0.3) is 0 Å². The van der Waals surface area contributed by atoms with Crippen molar-refractivity contribution in [3.63, 3.8) is 0 Å². The van der Waals surface area contributed by atoms with Crippen LogP contribution in [-0.2, 0) is 4.79 Å². The van der Waals surface area contributed by atoms with Crippen molar-refractivity contribution in [2.75, 3.05) is 18.8 Å². The second kappa shape index (κ2) is 4.62. The number of hydrogen-bond acceptors (Lipinski definition) is 3. The Morgan fingerprint density at radius 2 is 2.55 bits per heavy atom. The van der Waals surface area contributed by atoms with Crippen molar-refractivity contribution >= 4 is 17.7 Å². The van der Waals surface area contributed by atoms with E-state index in [9.17, 15) is 4.79 Å². The molecule has 1 saturated heterocycles. The highest BCUT2D eigenvalue weighted by Crippen LogP contribution is 2.17. The Balaban J connectivity index is 1.98. The third kappa shape index (κ3) is 3.62. The highest BCUT2D eigenvalue weighted by molar-refractivity contribution is 7.99. The zero-order valence-corrected chi connectivity index (χ0v) is 7.32. The molecule has 0 aliphatic carbocycles. The molecule has 1 amide bonds. The van der Waals surface area contributed by atoms with Gasteiger partial charge in [0.1, 0.15) is 0 Å². The highest BCUT2D eigenvalue weighted by Gasteiger charge is 2.14. The van der Waals surface area contributed by atoms with Gasteiger partial charge in [-0.2, -0.15) is 11.8 Å². The van der Waals surface area contributed by atoms with Crippen LogP contribution in [0.4, 0.5) is 0 Å². The third-order valence-corrected chi connectivity index (χ3v) is 3.03. The molecule has 0 aromatic carbocycles. The lowest BCUT2D eigenvalue weighted by atomic mass is 10.4. The van der Waals surface area contributed by atoms with Gasteiger partial charge in [-0.15, -0.1) is 0 Å². The van der Waals surface area contributed by atoms with Gasteiger partial charge in [0.15, 0.2) is 0 Å².